The molecule has 0 aromatic heterocycles. The first kappa shape index (κ1) is 16.8. The van der Waals surface area contributed by atoms with Gasteiger partial charge in [-0.15, -0.1) is 0 Å². The van der Waals surface area contributed by atoms with Gasteiger partial charge in [0.05, 0.1) is 5.02 Å². The molecule has 0 saturated carbocycles. The SMILES string of the molecule is CC(=O)Nc1ccc(NC(=O)[C@@H](C)Oc2ccccc2Cl)cc1. The van der Waals surface area contributed by atoms with Crippen LogP contribution in [0.3, 0.4) is 0 Å². The van der Waals surface area contributed by atoms with Gasteiger partial charge in [0.15, 0.2) is 6.10 Å². The summed E-state index contributed by atoms with van der Waals surface area (Å²) < 4.78 is 5.55. The van der Waals surface area contributed by atoms with Crippen molar-refractivity contribution < 1.29 is 14.3 Å². The minimum atomic E-state index is -0.704. The quantitative estimate of drug-likeness (QED) is 0.877. The Hall–Kier alpha value is -2.53. The molecule has 23 heavy (non-hydrogen) atoms. The van der Waals surface area contributed by atoms with Crippen molar-refractivity contribution in [3.63, 3.8) is 0 Å². The van der Waals surface area contributed by atoms with Crippen LogP contribution in [0.2, 0.25) is 5.02 Å². The largest absolute Gasteiger partial charge is 0.479 e. The molecule has 0 bridgehead atoms. The van der Waals surface area contributed by atoms with E-state index in [1.54, 1.807) is 55.5 Å². The molecule has 2 N–H and O–H groups in total. The minimum Gasteiger partial charge on any atom is -0.479 e. The number of rotatable bonds is 5. The minimum absolute atomic E-state index is 0.149. The maximum Gasteiger partial charge on any atom is 0.265 e. The molecular formula is C17H17ClN2O3. The Labute approximate surface area is 139 Å². The van der Waals surface area contributed by atoms with Crippen molar-refractivity contribution in [1.29, 1.82) is 0 Å². The van der Waals surface area contributed by atoms with Crippen LogP contribution >= 0.6 is 11.6 Å². The molecule has 2 aromatic rings. The summed E-state index contributed by atoms with van der Waals surface area (Å²) in [4.78, 5) is 23.1. The third-order valence-corrected chi connectivity index (χ3v) is 3.29. The van der Waals surface area contributed by atoms with Gasteiger partial charge in [-0.2, -0.15) is 0 Å². The molecule has 0 fully saturated rings. The average molecular weight is 333 g/mol. The molecule has 2 aromatic carbocycles. The number of hydrogen-bond donors (Lipinski definition) is 2. The predicted molar refractivity (Wildman–Crippen MR) is 90.9 cm³/mol. The zero-order valence-corrected chi connectivity index (χ0v) is 13.6. The average Bonchev–Trinajstić information content (AvgIpc) is 2.51. The monoisotopic (exact) mass is 332 g/mol. The second kappa shape index (κ2) is 7.65. The second-order valence-electron chi connectivity index (χ2n) is 4.94. The molecule has 0 saturated heterocycles. The summed E-state index contributed by atoms with van der Waals surface area (Å²) in [5.74, 6) is 0.0126. The van der Waals surface area contributed by atoms with Gasteiger partial charge in [-0.1, -0.05) is 23.7 Å². The van der Waals surface area contributed by atoms with Crippen LogP contribution in [0.5, 0.6) is 5.75 Å². The first-order valence-corrected chi connectivity index (χ1v) is 7.43. The molecule has 2 rings (SSSR count). The number of carbonyl (C=O) groups excluding carboxylic acids is 2. The van der Waals surface area contributed by atoms with Crippen LogP contribution in [0.4, 0.5) is 11.4 Å². The van der Waals surface area contributed by atoms with Gasteiger partial charge in [0, 0.05) is 18.3 Å². The van der Waals surface area contributed by atoms with Crippen LogP contribution in [-0.4, -0.2) is 17.9 Å². The summed E-state index contributed by atoms with van der Waals surface area (Å²) in [7, 11) is 0. The fraction of sp³-hybridized carbons (Fsp3) is 0.176. The molecule has 2 amide bonds. The lowest BCUT2D eigenvalue weighted by Gasteiger charge is -2.15. The van der Waals surface area contributed by atoms with Crippen molar-refractivity contribution in [1.82, 2.24) is 0 Å². The summed E-state index contributed by atoms with van der Waals surface area (Å²) >= 11 is 6.00. The van der Waals surface area contributed by atoms with E-state index >= 15 is 0 Å². The first-order chi connectivity index (χ1) is 11.0. The topological polar surface area (TPSA) is 67.4 Å². The van der Waals surface area contributed by atoms with Crippen LogP contribution < -0.4 is 15.4 Å². The van der Waals surface area contributed by atoms with Gasteiger partial charge < -0.3 is 15.4 Å². The highest BCUT2D eigenvalue weighted by atomic mass is 35.5. The molecule has 0 spiro atoms. The van der Waals surface area contributed by atoms with Crippen molar-refractivity contribution >= 4 is 34.8 Å². The Morgan fingerprint density at radius 1 is 1.00 bits per heavy atom. The lowest BCUT2D eigenvalue weighted by Crippen LogP contribution is -2.30. The summed E-state index contributed by atoms with van der Waals surface area (Å²) in [6, 6.07) is 13.8. The van der Waals surface area contributed by atoms with E-state index in [1.165, 1.54) is 6.92 Å². The predicted octanol–water partition coefficient (Wildman–Crippen LogP) is 3.70. The first-order valence-electron chi connectivity index (χ1n) is 7.05. The highest BCUT2D eigenvalue weighted by molar-refractivity contribution is 6.32. The van der Waals surface area contributed by atoms with Crippen molar-refractivity contribution in [2.45, 2.75) is 20.0 Å². The molecule has 0 aliphatic rings. The van der Waals surface area contributed by atoms with Gasteiger partial charge in [-0.25, -0.2) is 0 Å². The van der Waals surface area contributed by atoms with Crippen molar-refractivity contribution in [3.8, 4) is 5.75 Å². The number of carbonyl (C=O) groups is 2. The summed E-state index contributed by atoms with van der Waals surface area (Å²) in [5.41, 5.74) is 1.27. The van der Waals surface area contributed by atoms with Gasteiger partial charge in [0.25, 0.3) is 5.91 Å². The molecule has 1 atom stereocenters. The van der Waals surface area contributed by atoms with Gasteiger partial charge in [-0.05, 0) is 43.3 Å². The fourth-order valence-electron chi connectivity index (χ4n) is 1.87. The van der Waals surface area contributed by atoms with E-state index in [-0.39, 0.29) is 11.8 Å². The fourth-order valence-corrected chi connectivity index (χ4v) is 2.05. The van der Waals surface area contributed by atoms with Crippen LogP contribution in [0, 0.1) is 0 Å². The van der Waals surface area contributed by atoms with Gasteiger partial charge in [0.1, 0.15) is 5.75 Å². The van der Waals surface area contributed by atoms with Crippen LogP contribution in [0.15, 0.2) is 48.5 Å². The number of ether oxygens (including phenoxy) is 1. The Morgan fingerprint density at radius 2 is 1.57 bits per heavy atom. The van der Waals surface area contributed by atoms with E-state index in [1.807, 2.05) is 0 Å². The molecule has 120 valence electrons. The van der Waals surface area contributed by atoms with Crippen molar-refractivity contribution in [2.75, 3.05) is 10.6 Å². The Bertz CT molecular complexity index is 701. The molecular weight excluding hydrogens is 316 g/mol. The number of hydrogen-bond acceptors (Lipinski definition) is 3. The number of nitrogens with one attached hydrogen (secondary N) is 2. The van der Waals surface area contributed by atoms with E-state index < -0.39 is 6.10 Å². The standard InChI is InChI=1S/C17H17ClN2O3/c1-11(23-16-6-4-3-5-15(16)18)17(22)20-14-9-7-13(8-10-14)19-12(2)21/h3-11H,1-2H3,(H,19,21)(H,20,22)/t11-/m1/s1. The van der Waals surface area contributed by atoms with Gasteiger partial charge in [0.2, 0.25) is 5.91 Å². The Kier molecular flexibility index (Phi) is 5.60. The lowest BCUT2D eigenvalue weighted by molar-refractivity contribution is -0.122. The summed E-state index contributed by atoms with van der Waals surface area (Å²) in [6.45, 7) is 3.08. The molecule has 0 heterocycles. The third kappa shape index (κ3) is 5.00. The van der Waals surface area contributed by atoms with Gasteiger partial charge in [-0.3, -0.25) is 9.59 Å². The van der Waals surface area contributed by atoms with Crippen LogP contribution in [0.25, 0.3) is 0 Å². The Balaban J connectivity index is 1.95. The second-order valence-corrected chi connectivity index (χ2v) is 5.35. The van der Waals surface area contributed by atoms with E-state index in [2.05, 4.69) is 10.6 Å². The molecule has 0 unspecified atom stereocenters. The third-order valence-electron chi connectivity index (χ3n) is 2.98. The van der Waals surface area contributed by atoms with Gasteiger partial charge >= 0.3 is 0 Å². The summed E-state index contributed by atoms with van der Waals surface area (Å²) in [5, 5.41) is 5.85. The molecule has 0 aliphatic heterocycles. The lowest BCUT2D eigenvalue weighted by atomic mass is 10.2. The highest BCUT2D eigenvalue weighted by Gasteiger charge is 2.16. The normalized spacial score (nSPS) is 11.4. The van der Waals surface area contributed by atoms with Crippen molar-refractivity contribution in [3.05, 3.63) is 53.6 Å². The number of para-hydroxylation sites is 1. The zero-order chi connectivity index (χ0) is 16.8. The summed E-state index contributed by atoms with van der Waals surface area (Å²) in [6.07, 6.45) is -0.704. The number of amides is 2. The van der Waals surface area contributed by atoms with Crippen LogP contribution in [0.1, 0.15) is 13.8 Å². The van der Waals surface area contributed by atoms with E-state index in [0.29, 0.717) is 22.1 Å². The van der Waals surface area contributed by atoms with E-state index in [4.69, 9.17) is 16.3 Å². The molecule has 0 aliphatic carbocycles. The number of halogens is 1. The van der Waals surface area contributed by atoms with E-state index in [9.17, 15) is 9.59 Å². The van der Waals surface area contributed by atoms with Crippen LogP contribution in [-0.2, 0) is 9.59 Å². The maximum absolute atomic E-state index is 12.1. The molecule has 5 nitrogen and oxygen atoms in total. The smallest absolute Gasteiger partial charge is 0.265 e. The van der Waals surface area contributed by atoms with Crippen molar-refractivity contribution in [2.24, 2.45) is 0 Å². The molecule has 0 radical (unpaired) electrons. The maximum atomic E-state index is 12.1. The molecule has 6 heteroatoms. The zero-order valence-electron chi connectivity index (χ0n) is 12.8. The number of anilines is 2. The Morgan fingerprint density at radius 3 is 2.13 bits per heavy atom. The van der Waals surface area contributed by atoms with E-state index in [0.717, 1.165) is 0 Å². The highest BCUT2D eigenvalue weighted by Crippen LogP contribution is 2.24. The number of benzene rings is 2.